The maximum Gasteiger partial charge on any atom is 0.337 e. The smallest absolute Gasteiger partial charge is 0.337 e. The van der Waals surface area contributed by atoms with Crippen molar-refractivity contribution in [2.45, 2.75) is 13.0 Å². The van der Waals surface area contributed by atoms with Gasteiger partial charge >= 0.3 is 5.97 Å². The third kappa shape index (κ3) is 3.64. The van der Waals surface area contributed by atoms with Crippen molar-refractivity contribution in [1.29, 1.82) is 0 Å². The van der Waals surface area contributed by atoms with Gasteiger partial charge in [-0.15, -0.1) is 0 Å². The summed E-state index contributed by atoms with van der Waals surface area (Å²) in [6.45, 7) is 1.88. The lowest BCUT2D eigenvalue weighted by Crippen LogP contribution is -2.10. The number of halogens is 1. The molecular weight excluding hydrogens is 373 g/mol. The Hall–Kier alpha value is -3.81. The Morgan fingerprint density at radius 1 is 1.21 bits per heavy atom. The average Bonchev–Trinajstić information content (AvgIpc) is 3.13. The van der Waals surface area contributed by atoms with E-state index in [0.717, 1.165) is 11.1 Å². The molecule has 1 atom stereocenters. The number of rotatable bonds is 5. The van der Waals surface area contributed by atoms with E-state index >= 15 is 0 Å². The van der Waals surface area contributed by atoms with E-state index in [1.165, 1.54) is 18.5 Å². The second-order valence-electron chi connectivity index (χ2n) is 6.77. The SMILES string of the molecule is CC(Nc1ncnc2c(C(=O)O)cc(-c3cnn(C)c3)cc12)c1cccc(F)c1. The number of hydrogen-bond donors (Lipinski definition) is 2. The largest absolute Gasteiger partial charge is 0.478 e. The third-order valence-corrected chi connectivity index (χ3v) is 4.71. The van der Waals surface area contributed by atoms with Gasteiger partial charge in [0, 0.05) is 24.2 Å². The van der Waals surface area contributed by atoms with E-state index in [-0.39, 0.29) is 17.4 Å². The van der Waals surface area contributed by atoms with Crippen molar-refractivity contribution in [2.24, 2.45) is 7.05 Å². The van der Waals surface area contributed by atoms with E-state index in [9.17, 15) is 14.3 Å². The molecule has 2 aromatic heterocycles. The molecule has 4 aromatic rings. The van der Waals surface area contributed by atoms with Gasteiger partial charge in [0.2, 0.25) is 0 Å². The van der Waals surface area contributed by atoms with Crippen LogP contribution in [-0.2, 0) is 7.05 Å². The Labute approximate surface area is 165 Å². The van der Waals surface area contributed by atoms with E-state index in [2.05, 4.69) is 20.4 Å². The summed E-state index contributed by atoms with van der Waals surface area (Å²) in [5.41, 5.74) is 2.63. The maximum absolute atomic E-state index is 13.6. The number of aromatic nitrogens is 4. The van der Waals surface area contributed by atoms with Gasteiger partial charge in [0.05, 0.1) is 23.3 Å². The van der Waals surface area contributed by atoms with Crippen LogP contribution in [0.5, 0.6) is 0 Å². The van der Waals surface area contributed by atoms with Crippen molar-refractivity contribution in [2.75, 3.05) is 5.32 Å². The van der Waals surface area contributed by atoms with Crippen molar-refractivity contribution < 1.29 is 14.3 Å². The molecule has 0 aliphatic rings. The van der Waals surface area contributed by atoms with Crippen LogP contribution < -0.4 is 5.32 Å². The van der Waals surface area contributed by atoms with Crippen LogP contribution in [0.15, 0.2) is 55.1 Å². The summed E-state index contributed by atoms with van der Waals surface area (Å²) in [6.07, 6.45) is 4.79. The van der Waals surface area contributed by atoms with Crippen molar-refractivity contribution in [3.8, 4) is 11.1 Å². The van der Waals surface area contributed by atoms with Crippen LogP contribution in [0.2, 0.25) is 0 Å². The first-order valence-corrected chi connectivity index (χ1v) is 8.95. The predicted molar refractivity (Wildman–Crippen MR) is 107 cm³/mol. The monoisotopic (exact) mass is 391 g/mol. The van der Waals surface area contributed by atoms with Crippen LogP contribution >= 0.6 is 0 Å². The van der Waals surface area contributed by atoms with Gasteiger partial charge in [-0.25, -0.2) is 19.2 Å². The molecule has 7 nitrogen and oxygen atoms in total. The standard InChI is InChI=1S/C21H18FN5O2/c1-12(13-4-3-5-16(22)6-13)26-20-17-7-14(15-9-25-27(2)10-15)8-18(21(28)29)19(17)23-11-24-20/h3-12H,1-2H3,(H,28,29)(H,23,24,26). The van der Waals surface area contributed by atoms with E-state index < -0.39 is 5.97 Å². The number of nitrogens with zero attached hydrogens (tertiary/aromatic N) is 4. The molecule has 8 heteroatoms. The highest BCUT2D eigenvalue weighted by Crippen LogP contribution is 2.31. The maximum atomic E-state index is 13.6. The molecular formula is C21H18FN5O2. The fourth-order valence-electron chi connectivity index (χ4n) is 3.25. The van der Waals surface area contributed by atoms with E-state index in [1.807, 2.05) is 19.1 Å². The quantitative estimate of drug-likeness (QED) is 0.533. The second-order valence-corrected chi connectivity index (χ2v) is 6.77. The Bertz CT molecular complexity index is 1220. The minimum Gasteiger partial charge on any atom is -0.478 e. The summed E-state index contributed by atoms with van der Waals surface area (Å²) in [7, 11) is 1.79. The molecule has 2 aromatic carbocycles. The third-order valence-electron chi connectivity index (χ3n) is 4.71. The van der Waals surface area contributed by atoms with Crippen LogP contribution in [0.1, 0.15) is 28.9 Å². The predicted octanol–water partition coefficient (Wildman–Crippen LogP) is 4.04. The number of carboxylic acids is 1. The molecule has 0 aliphatic carbocycles. The first kappa shape index (κ1) is 18.5. The topological polar surface area (TPSA) is 92.9 Å². The summed E-state index contributed by atoms with van der Waals surface area (Å²) >= 11 is 0. The van der Waals surface area contributed by atoms with Crippen LogP contribution in [0, 0.1) is 5.82 Å². The van der Waals surface area contributed by atoms with E-state index in [0.29, 0.717) is 22.3 Å². The molecule has 0 saturated heterocycles. The van der Waals surface area contributed by atoms with Crippen LogP contribution in [0.3, 0.4) is 0 Å². The van der Waals surface area contributed by atoms with E-state index in [1.54, 1.807) is 36.3 Å². The zero-order chi connectivity index (χ0) is 20.5. The van der Waals surface area contributed by atoms with E-state index in [4.69, 9.17) is 0 Å². The Balaban J connectivity index is 1.84. The highest BCUT2D eigenvalue weighted by Gasteiger charge is 2.17. The molecule has 29 heavy (non-hydrogen) atoms. The summed E-state index contributed by atoms with van der Waals surface area (Å²) in [5, 5.41) is 17.7. The molecule has 4 rings (SSSR count). The van der Waals surface area contributed by atoms with Gasteiger partial charge in [-0.05, 0) is 42.3 Å². The molecule has 0 bridgehead atoms. The number of aromatic carboxylic acids is 1. The van der Waals surface area contributed by atoms with Crippen molar-refractivity contribution in [1.82, 2.24) is 19.7 Å². The van der Waals surface area contributed by atoms with Crippen LogP contribution in [0.4, 0.5) is 10.2 Å². The summed E-state index contributed by atoms with van der Waals surface area (Å²) < 4.78 is 15.2. The molecule has 0 fully saturated rings. The molecule has 2 heterocycles. The Morgan fingerprint density at radius 2 is 2.03 bits per heavy atom. The molecule has 0 aliphatic heterocycles. The zero-order valence-corrected chi connectivity index (χ0v) is 15.8. The number of carbonyl (C=O) groups is 1. The number of fused-ring (bicyclic) bond motifs is 1. The van der Waals surface area contributed by atoms with Gasteiger partial charge < -0.3 is 10.4 Å². The number of hydrogen-bond acceptors (Lipinski definition) is 5. The number of nitrogens with one attached hydrogen (secondary N) is 1. The highest BCUT2D eigenvalue weighted by atomic mass is 19.1. The summed E-state index contributed by atoms with van der Waals surface area (Å²) in [5.74, 6) is -0.931. The molecule has 0 amide bonds. The number of carboxylic acid groups (broad SMARTS) is 1. The summed E-state index contributed by atoms with van der Waals surface area (Å²) in [6, 6.07) is 9.45. The first-order chi connectivity index (χ1) is 13.9. The molecule has 0 radical (unpaired) electrons. The van der Waals surface area contributed by atoms with Crippen LogP contribution in [-0.4, -0.2) is 30.8 Å². The minimum atomic E-state index is -1.08. The van der Waals surface area contributed by atoms with Crippen molar-refractivity contribution in [3.05, 3.63) is 72.1 Å². The Kier molecular flexibility index (Phi) is 4.67. The molecule has 0 saturated carbocycles. The van der Waals surface area contributed by atoms with Gasteiger partial charge in [-0.2, -0.15) is 5.10 Å². The Morgan fingerprint density at radius 3 is 2.72 bits per heavy atom. The average molecular weight is 391 g/mol. The second kappa shape index (κ2) is 7.31. The zero-order valence-electron chi connectivity index (χ0n) is 15.8. The van der Waals surface area contributed by atoms with Gasteiger partial charge in [0.1, 0.15) is 18.0 Å². The van der Waals surface area contributed by atoms with Gasteiger partial charge in [0.25, 0.3) is 0 Å². The minimum absolute atomic E-state index is 0.0743. The van der Waals surface area contributed by atoms with Gasteiger partial charge in [-0.1, -0.05) is 12.1 Å². The van der Waals surface area contributed by atoms with Crippen LogP contribution in [0.25, 0.3) is 22.0 Å². The molecule has 0 spiro atoms. The fraction of sp³-hybridized carbons (Fsp3) is 0.143. The molecule has 2 N–H and O–H groups in total. The first-order valence-electron chi connectivity index (χ1n) is 8.95. The number of anilines is 1. The molecule has 1 unspecified atom stereocenters. The fourth-order valence-corrected chi connectivity index (χ4v) is 3.25. The summed E-state index contributed by atoms with van der Waals surface area (Å²) in [4.78, 5) is 20.3. The number of aryl methyl sites for hydroxylation is 1. The van der Waals surface area contributed by atoms with Gasteiger partial charge in [-0.3, -0.25) is 4.68 Å². The normalized spacial score (nSPS) is 12.1. The lowest BCUT2D eigenvalue weighted by Gasteiger charge is -2.17. The van der Waals surface area contributed by atoms with Gasteiger partial charge in [0.15, 0.2) is 0 Å². The van der Waals surface area contributed by atoms with Crippen molar-refractivity contribution in [3.63, 3.8) is 0 Å². The lowest BCUT2D eigenvalue weighted by molar-refractivity contribution is 0.0699. The molecule has 146 valence electrons. The lowest BCUT2D eigenvalue weighted by atomic mass is 10.0. The highest BCUT2D eigenvalue weighted by molar-refractivity contribution is 6.06. The van der Waals surface area contributed by atoms with Crippen molar-refractivity contribution >= 4 is 22.7 Å². The number of benzene rings is 2.